The third-order valence-corrected chi connectivity index (χ3v) is 4.83. The van der Waals surface area contributed by atoms with Crippen molar-refractivity contribution in [3.63, 3.8) is 0 Å². The summed E-state index contributed by atoms with van der Waals surface area (Å²) < 4.78 is 0. The van der Waals surface area contributed by atoms with E-state index in [1.807, 2.05) is 0 Å². The van der Waals surface area contributed by atoms with Crippen molar-refractivity contribution >= 4 is 11.6 Å². The van der Waals surface area contributed by atoms with Gasteiger partial charge in [-0.25, -0.2) is 0 Å². The Balaban J connectivity index is 2.13. The van der Waals surface area contributed by atoms with Crippen LogP contribution in [0.4, 0.5) is 0 Å². The maximum atomic E-state index is 6.45. The molecule has 96 valence electrons. The second kappa shape index (κ2) is 8.39. The lowest BCUT2D eigenvalue weighted by Gasteiger charge is -2.32. The molecule has 3 atom stereocenters. The van der Waals surface area contributed by atoms with E-state index in [2.05, 4.69) is 13.8 Å². The maximum Gasteiger partial charge on any atom is 0.0364 e. The lowest BCUT2D eigenvalue weighted by Crippen LogP contribution is -2.25. The van der Waals surface area contributed by atoms with Gasteiger partial charge in [-0.3, -0.25) is 0 Å². The van der Waals surface area contributed by atoms with Gasteiger partial charge in [-0.05, 0) is 37.5 Å². The molecular formula is C15H29Cl. The fourth-order valence-electron chi connectivity index (χ4n) is 3.00. The van der Waals surface area contributed by atoms with Gasteiger partial charge in [-0.15, -0.1) is 11.6 Å². The summed E-state index contributed by atoms with van der Waals surface area (Å²) in [7, 11) is 0. The summed E-state index contributed by atoms with van der Waals surface area (Å²) in [5.74, 6) is 1.79. The quantitative estimate of drug-likeness (QED) is 0.393. The summed E-state index contributed by atoms with van der Waals surface area (Å²) in [5.41, 5.74) is 0. The van der Waals surface area contributed by atoms with Gasteiger partial charge in [0, 0.05) is 5.38 Å². The first-order valence-corrected chi connectivity index (χ1v) is 7.85. The second-order valence-electron chi connectivity index (χ2n) is 5.57. The molecule has 1 rings (SSSR count). The van der Waals surface area contributed by atoms with Crippen molar-refractivity contribution in [2.24, 2.45) is 11.8 Å². The van der Waals surface area contributed by atoms with Crippen LogP contribution in [0.2, 0.25) is 0 Å². The third kappa shape index (κ3) is 5.08. The Morgan fingerprint density at radius 2 is 1.75 bits per heavy atom. The van der Waals surface area contributed by atoms with E-state index in [0.29, 0.717) is 5.38 Å². The van der Waals surface area contributed by atoms with Crippen LogP contribution in [0, 0.1) is 11.8 Å². The zero-order valence-electron chi connectivity index (χ0n) is 11.2. The summed E-state index contributed by atoms with van der Waals surface area (Å²) in [6.07, 6.45) is 13.8. The number of halogens is 1. The number of unbranched alkanes of at least 4 members (excludes halogenated alkanes) is 4. The zero-order valence-corrected chi connectivity index (χ0v) is 11.9. The van der Waals surface area contributed by atoms with Crippen LogP contribution in [0.25, 0.3) is 0 Å². The first-order valence-electron chi connectivity index (χ1n) is 7.42. The molecular weight excluding hydrogens is 216 g/mol. The van der Waals surface area contributed by atoms with Gasteiger partial charge in [-0.1, -0.05) is 52.4 Å². The monoisotopic (exact) mass is 244 g/mol. The number of hydrogen-bond donors (Lipinski definition) is 0. The summed E-state index contributed by atoms with van der Waals surface area (Å²) in [6, 6.07) is 0. The van der Waals surface area contributed by atoms with Gasteiger partial charge in [0.15, 0.2) is 0 Å². The van der Waals surface area contributed by atoms with E-state index < -0.39 is 0 Å². The predicted molar refractivity (Wildman–Crippen MR) is 74.1 cm³/mol. The Labute approximate surface area is 107 Å². The first-order chi connectivity index (χ1) is 7.77. The molecule has 0 aromatic carbocycles. The van der Waals surface area contributed by atoms with Crippen LogP contribution in [0.15, 0.2) is 0 Å². The third-order valence-electron chi connectivity index (χ3n) is 4.25. The Hall–Kier alpha value is 0.290. The molecule has 0 heterocycles. The SMILES string of the molecule is CCCCCCCC1CC(CC)CCC1Cl. The Morgan fingerprint density at radius 1 is 1.00 bits per heavy atom. The molecule has 0 aromatic rings. The largest absolute Gasteiger partial charge is 0.123 e. The fourth-order valence-corrected chi connectivity index (χ4v) is 3.36. The molecule has 0 saturated heterocycles. The Morgan fingerprint density at radius 3 is 2.44 bits per heavy atom. The van der Waals surface area contributed by atoms with Crippen molar-refractivity contribution in [1.29, 1.82) is 0 Å². The molecule has 0 spiro atoms. The van der Waals surface area contributed by atoms with Gasteiger partial charge in [0.1, 0.15) is 0 Å². The molecule has 0 bridgehead atoms. The van der Waals surface area contributed by atoms with Crippen LogP contribution in [0.3, 0.4) is 0 Å². The minimum absolute atomic E-state index is 0.481. The average Bonchev–Trinajstić information content (AvgIpc) is 2.31. The minimum atomic E-state index is 0.481. The fraction of sp³-hybridized carbons (Fsp3) is 1.00. The highest BCUT2D eigenvalue weighted by Gasteiger charge is 2.27. The van der Waals surface area contributed by atoms with Crippen molar-refractivity contribution in [1.82, 2.24) is 0 Å². The molecule has 0 amide bonds. The molecule has 0 radical (unpaired) electrons. The highest BCUT2D eigenvalue weighted by Crippen LogP contribution is 2.37. The van der Waals surface area contributed by atoms with Crippen molar-refractivity contribution in [2.75, 3.05) is 0 Å². The molecule has 16 heavy (non-hydrogen) atoms. The van der Waals surface area contributed by atoms with Crippen molar-refractivity contribution in [3.8, 4) is 0 Å². The van der Waals surface area contributed by atoms with E-state index in [-0.39, 0.29) is 0 Å². The second-order valence-corrected chi connectivity index (χ2v) is 6.13. The lowest BCUT2D eigenvalue weighted by molar-refractivity contribution is 0.249. The summed E-state index contributed by atoms with van der Waals surface area (Å²) >= 11 is 6.45. The average molecular weight is 245 g/mol. The van der Waals surface area contributed by atoms with Crippen LogP contribution in [0.1, 0.15) is 78.1 Å². The summed E-state index contributed by atoms with van der Waals surface area (Å²) in [4.78, 5) is 0. The molecule has 0 aromatic heterocycles. The van der Waals surface area contributed by atoms with E-state index in [0.717, 1.165) is 11.8 Å². The zero-order chi connectivity index (χ0) is 11.8. The highest BCUT2D eigenvalue weighted by molar-refractivity contribution is 6.20. The molecule has 1 heteroatoms. The van der Waals surface area contributed by atoms with E-state index in [4.69, 9.17) is 11.6 Å². The predicted octanol–water partition coefficient (Wildman–Crippen LogP) is 5.78. The standard InChI is InChI=1S/C15H29Cl/c1-3-5-6-7-8-9-14-12-13(4-2)10-11-15(14)16/h13-15H,3-12H2,1-2H3. The lowest BCUT2D eigenvalue weighted by atomic mass is 9.77. The first kappa shape index (κ1) is 14.4. The maximum absolute atomic E-state index is 6.45. The normalized spacial score (nSPS) is 30.6. The summed E-state index contributed by atoms with van der Waals surface area (Å²) in [6.45, 7) is 4.61. The highest BCUT2D eigenvalue weighted by atomic mass is 35.5. The van der Waals surface area contributed by atoms with Gasteiger partial charge in [-0.2, -0.15) is 0 Å². The van der Waals surface area contributed by atoms with Gasteiger partial charge < -0.3 is 0 Å². The molecule has 0 aliphatic heterocycles. The molecule has 1 aliphatic rings. The minimum Gasteiger partial charge on any atom is -0.123 e. The molecule has 1 aliphatic carbocycles. The van der Waals surface area contributed by atoms with Gasteiger partial charge in [0.25, 0.3) is 0 Å². The van der Waals surface area contributed by atoms with Gasteiger partial charge in [0.05, 0.1) is 0 Å². The van der Waals surface area contributed by atoms with E-state index in [1.54, 1.807) is 0 Å². The smallest absolute Gasteiger partial charge is 0.0364 e. The van der Waals surface area contributed by atoms with E-state index >= 15 is 0 Å². The molecule has 1 saturated carbocycles. The number of alkyl halides is 1. The Bertz CT molecular complexity index is 167. The summed E-state index contributed by atoms with van der Waals surface area (Å²) in [5, 5.41) is 0.481. The van der Waals surface area contributed by atoms with Crippen LogP contribution < -0.4 is 0 Å². The number of rotatable bonds is 7. The van der Waals surface area contributed by atoms with E-state index in [1.165, 1.54) is 64.2 Å². The number of hydrogen-bond acceptors (Lipinski definition) is 0. The molecule has 0 nitrogen and oxygen atoms in total. The van der Waals surface area contributed by atoms with Crippen molar-refractivity contribution in [3.05, 3.63) is 0 Å². The Kier molecular flexibility index (Phi) is 7.53. The van der Waals surface area contributed by atoms with Crippen molar-refractivity contribution in [2.45, 2.75) is 83.4 Å². The van der Waals surface area contributed by atoms with Gasteiger partial charge in [0.2, 0.25) is 0 Å². The van der Waals surface area contributed by atoms with Gasteiger partial charge >= 0.3 is 0 Å². The van der Waals surface area contributed by atoms with Crippen molar-refractivity contribution < 1.29 is 0 Å². The van der Waals surface area contributed by atoms with Crippen LogP contribution >= 0.6 is 11.6 Å². The molecule has 3 unspecified atom stereocenters. The van der Waals surface area contributed by atoms with Crippen LogP contribution in [-0.4, -0.2) is 5.38 Å². The molecule has 0 N–H and O–H groups in total. The van der Waals surface area contributed by atoms with Crippen LogP contribution in [0.5, 0.6) is 0 Å². The van der Waals surface area contributed by atoms with E-state index in [9.17, 15) is 0 Å². The van der Waals surface area contributed by atoms with Crippen LogP contribution in [-0.2, 0) is 0 Å². The topological polar surface area (TPSA) is 0 Å². The molecule has 1 fully saturated rings.